The molecule has 3 aromatic rings. The molecule has 0 saturated carbocycles. The average Bonchev–Trinajstić information content (AvgIpc) is 3.85. The lowest BCUT2D eigenvalue weighted by Gasteiger charge is -2.08. The molecule has 1 aliphatic heterocycles. The fraction of sp³-hybridized carbons (Fsp3) is 0.303. The number of aromatic nitrogens is 2. The molecule has 1 aromatic carbocycles. The highest BCUT2D eigenvalue weighted by atomic mass is 19.3. The summed E-state index contributed by atoms with van der Waals surface area (Å²) in [6.45, 7) is 1.03. The van der Waals surface area contributed by atoms with Crippen LogP contribution in [0.4, 0.5) is 13.2 Å². The summed E-state index contributed by atoms with van der Waals surface area (Å²) < 4.78 is 50.8. The second kappa shape index (κ2) is 19.0. The number of nitrogens with one attached hydrogen (secondary N) is 4. The predicted molar refractivity (Wildman–Crippen MR) is 174 cm³/mol. The Labute approximate surface area is 271 Å². The molecule has 248 valence electrons. The highest BCUT2D eigenvalue weighted by Crippen LogP contribution is 2.20. The van der Waals surface area contributed by atoms with Crippen LogP contribution >= 0.6 is 0 Å². The van der Waals surface area contributed by atoms with E-state index in [2.05, 4.69) is 25.5 Å². The molecule has 1 aliphatic rings. The Morgan fingerprint density at radius 2 is 1.68 bits per heavy atom. The van der Waals surface area contributed by atoms with E-state index in [9.17, 15) is 22.7 Å². The van der Waals surface area contributed by atoms with Gasteiger partial charge >= 0.3 is 7.40 Å². The minimum Gasteiger partial charge on any atom is -0.484 e. The van der Waals surface area contributed by atoms with Crippen molar-refractivity contribution >= 4 is 43.2 Å². The second-order valence-corrected chi connectivity index (χ2v) is 10.5. The lowest BCUT2D eigenvalue weighted by atomic mass is 10.1. The fourth-order valence-corrected chi connectivity index (χ4v) is 4.70. The van der Waals surface area contributed by atoms with Gasteiger partial charge in [0.2, 0.25) is 11.6 Å². The molecule has 4 N–H and O–H groups in total. The van der Waals surface area contributed by atoms with Crippen LogP contribution in [0.1, 0.15) is 48.3 Å². The zero-order chi connectivity index (χ0) is 33.3. The van der Waals surface area contributed by atoms with Crippen molar-refractivity contribution in [1.82, 2.24) is 20.6 Å². The van der Waals surface area contributed by atoms with Crippen LogP contribution < -0.4 is 15.4 Å². The highest BCUT2D eigenvalue weighted by molar-refractivity contribution is 6.36. The van der Waals surface area contributed by atoms with E-state index in [1.165, 1.54) is 0 Å². The van der Waals surface area contributed by atoms with Crippen molar-refractivity contribution in [3.05, 3.63) is 95.2 Å². The van der Waals surface area contributed by atoms with Gasteiger partial charge in [0.15, 0.2) is 12.3 Å². The number of nitrogens with zero attached hydrogens (tertiary/aromatic N) is 1. The van der Waals surface area contributed by atoms with Crippen LogP contribution in [0.25, 0.3) is 18.2 Å². The monoisotopic (exact) mass is 652 g/mol. The molecule has 3 heterocycles. The molecule has 0 unspecified atom stereocenters. The van der Waals surface area contributed by atoms with Gasteiger partial charge in [-0.1, -0.05) is 24.6 Å². The summed E-state index contributed by atoms with van der Waals surface area (Å²) in [4.78, 5) is 33.5. The van der Waals surface area contributed by atoms with Gasteiger partial charge in [0.05, 0.1) is 13.2 Å². The van der Waals surface area contributed by atoms with Gasteiger partial charge in [-0.2, -0.15) is 4.94 Å². The number of aromatic amines is 2. The fourth-order valence-electron chi connectivity index (χ4n) is 4.70. The molecule has 2 amide bonds. The number of unbranched alkanes of at least 4 members (excludes halogenated alkanes) is 2. The first kappa shape index (κ1) is 35.0. The minimum absolute atomic E-state index is 0.0784. The highest BCUT2D eigenvalue weighted by Gasteiger charge is 2.42. The van der Waals surface area contributed by atoms with Gasteiger partial charge < -0.3 is 30.1 Å². The Balaban J connectivity index is 1.12. The van der Waals surface area contributed by atoms with E-state index in [0.29, 0.717) is 61.1 Å². The van der Waals surface area contributed by atoms with E-state index in [1.54, 1.807) is 48.7 Å². The van der Waals surface area contributed by atoms with Crippen molar-refractivity contribution in [3.8, 4) is 5.75 Å². The van der Waals surface area contributed by atoms with Crippen molar-refractivity contribution in [2.45, 2.75) is 25.7 Å². The molecule has 0 spiro atoms. The first-order valence-corrected chi connectivity index (χ1v) is 15.4. The average molecular weight is 653 g/mol. The van der Waals surface area contributed by atoms with Crippen molar-refractivity contribution in [2.24, 2.45) is 0 Å². The quantitative estimate of drug-likeness (QED) is 0.102. The molecule has 2 aromatic heterocycles. The van der Waals surface area contributed by atoms with Crippen LogP contribution in [0.15, 0.2) is 72.6 Å². The number of amides is 2. The Morgan fingerprint density at radius 1 is 0.872 bits per heavy atom. The van der Waals surface area contributed by atoms with Crippen LogP contribution in [-0.2, 0) is 19.3 Å². The summed E-state index contributed by atoms with van der Waals surface area (Å²) in [5.74, 6) is 0.248. The molecule has 0 fully saturated rings. The normalized spacial score (nSPS) is 13.6. The Morgan fingerprint density at radius 3 is 2.45 bits per heavy atom. The van der Waals surface area contributed by atoms with E-state index in [4.69, 9.17) is 9.47 Å². The molecular weight excluding hydrogens is 614 g/mol. The third-order valence-corrected chi connectivity index (χ3v) is 7.03. The number of allylic oxidation sites excluding steroid dienone is 2. The summed E-state index contributed by atoms with van der Waals surface area (Å²) in [5, 5.41) is 5.53. The largest absolute Gasteiger partial charge is 0.935 e. The molecular formula is C33H38BF3N5O5+. The summed E-state index contributed by atoms with van der Waals surface area (Å²) in [6, 6.07) is 14.5. The van der Waals surface area contributed by atoms with E-state index in [0.717, 1.165) is 28.6 Å². The van der Waals surface area contributed by atoms with Crippen LogP contribution in [0, 0.1) is 0 Å². The number of halogens is 3. The van der Waals surface area contributed by atoms with Crippen LogP contribution in [-0.4, -0.2) is 78.9 Å². The Bertz CT molecular complexity index is 1550. The number of carbonyl (C=O) groups is 2. The van der Waals surface area contributed by atoms with Crippen molar-refractivity contribution in [1.29, 1.82) is 0 Å². The number of ether oxygens (including phenoxy) is 2. The van der Waals surface area contributed by atoms with E-state index >= 15 is 0 Å². The Kier molecular flexibility index (Phi) is 14.2. The zero-order valence-corrected chi connectivity index (χ0v) is 25.9. The van der Waals surface area contributed by atoms with Gasteiger partial charge in [-0.15, -0.1) is 0 Å². The van der Waals surface area contributed by atoms with Gasteiger partial charge in [0.1, 0.15) is 18.1 Å². The predicted octanol–water partition coefficient (Wildman–Crippen LogP) is 4.94. The smallest absolute Gasteiger partial charge is 0.484 e. The van der Waals surface area contributed by atoms with Gasteiger partial charge in [-0.25, -0.2) is 13.1 Å². The molecule has 10 nitrogen and oxygen atoms in total. The molecule has 0 saturated heterocycles. The van der Waals surface area contributed by atoms with Gasteiger partial charge in [-0.05, 0) is 65.4 Å². The maximum atomic E-state index is 13.9. The number of benzene rings is 1. The van der Waals surface area contributed by atoms with E-state index in [-0.39, 0.29) is 31.6 Å². The second-order valence-electron chi connectivity index (χ2n) is 10.5. The van der Waals surface area contributed by atoms with Crippen molar-refractivity contribution in [2.75, 3.05) is 39.5 Å². The third kappa shape index (κ3) is 11.8. The molecule has 0 bridgehead atoms. The first-order chi connectivity index (χ1) is 22.9. The topological polar surface area (TPSA) is 120 Å². The van der Waals surface area contributed by atoms with Gasteiger partial charge in [-0.3, -0.25) is 9.59 Å². The van der Waals surface area contributed by atoms with E-state index < -0.39 is 7.40 Å². The summed E-state index contributed by atoms with van der Waals surface area (Å²) in [7, 11) is -2.69. The van der Waals surface area contributed by atoms with Crippen molar-refractivity contribution < 1.29 is 41.6 Å². The van der Waals surface area contributed by atoms with Crippen molar-refractivity contribution in [3.63, 3.8) is 0 Å². The van der Waals surface area contributed by atoms with E-state index in [1.807, 2.05) is 36.4 Å². The molecule has 0 aliphatic carbocycles. The number of rotatable bonds is 20. The van der Waals surface area contributed by atoms with Crippen LogP contribution in [0.2, 0.25) is 0 Å². The summed E-state index contributed by atoms with van der Waals surface area (Å²) >= 11 is 0. The Hall–Kier alpha value is -4.82. The molecule has 4 rings (SSSR count). The summed E-state index contributed by atoms with van der Waals surface area (Å²) in [6.07, 6.45) is 13.1. The molecule has 0 atom stereocenters. The number of hydrogen-bond acceptors (Lipinski definition) is 5. The minimum atomic E-state index is -2.69. The molecule has 14 heteroatoms. The maximum absolute atomic E-state index is 13.9. The number of hydrogen-bond donors (Lipinski definition) is 4. The third-order valence-electron chi connectivity index (χ3n) is 7.03. The molecule has 0 radical (unpaired) electrons. The molecule has 47 heavy (non-hydrogen) atoms. The summed E-state index contributed by atoms with van der Waals surface area (Å²) in [5.41, 5.74) is 3.82. The van der Waals surface area contributed by atoms with Gasteiger partial charge in [0.25, 0.3) is 5.91 Å². The lowest BCUT2D eigenvalue weighted by molar-refractivity contribution is -0.340. The standard InChI is InChI=1S/C33H37BF3N5O5/c35-34(36)42-28(13-16-31(42)30-5-4-18-38-30)23-27-12-11-26(41-27)10-7-25-8-14-29(15-9-25)46-24-33(44)39-17-3-1-2-6-32(43)40-19-20-45-21-22-47-37/h4-5,7-16,18,23H,1-3,6,17,19-22,24H2,(H3,38,39,40,41,43,44)/p+1/b10-7-. The number of H-pyrrole nitrogens is 2. The maximum Gasteiger partial charge on any atom is 0.935 e. The van der Waals surface area contributed by atoms with Gasteiger partial charge in [0, 0.05) is 55.3 Å². The van der Waals surface area contributed by atoms with Crippen LogP contribution in [0.5, 0.6) is 5.75 Å². The van der Waals surface area contributed by atoms with Crippen LogP contribution in [0.3, 0.4) is 0 Å². The first-order valence-electron chi connectivity index (χ1n) is 15.4. The zero-order valence-electron chi connectivity index (χ0n) is 25.9. The SMILES string of the molecule is O=C(CCCCCNC(=O)COc1ccc(/C=C\c2ccc(/C=C3/C=CC(c4ccc[nH]4)=[N+]3B(F)F)[nH]2)cc1)NCCOCCOF. The number of carbonyl (C=O) groups excluding carboxylic acids is 2. The lowest BCUT2D eigenvalue weighted by Crippen LogP contribution is -2.29.